The van der Waals surface area contributed by atoms with Crippen molar-refractivity contribution in [1.29, 1.82) is 0 Å². The minimum Gasteiger partial charge on any atom is -0.397 e. The molecule has 5 nitrogen and oxygen atoms in total. The number of aliphatic hydroxyl groups is 1. The maximum Gasteiger partial charge on any atom is 0.272 e. The summed E-state index contributed by atoms with van der Waals surface area (Å²) in [5.74, 6) is -0.122. The highest BCUT2D eigenvalue weighted by molar-refractivity contribution is 5.92. The van der Waals surface area contributed by atoms with E-state index in [0.717, 1.165) is 19.3 Å². The zero-order valence-corrected chi connectivity index (χ0v) is 9.67. The smallest absolute Gasteiger partial charge is 0.272 e. The Hall–Kier alpha value is -1.62. The molecule has 1 amide bonds. The van der Waals surface area contributed by atoms with Crippen LogP contribution in [0.1, 0.15) is 29.8 Å². The molecule has 2 rings (SSSR count). The average molecular weight is 235 g/mol. The molecule has 0 radical (unpaired) electrons. The Labute approximate surface area is 100 Å². The molecule has 1 fully saturated rings. The molecule has 0 spiro atoms. The van der Waals surface area contributed by atoms with Crippen molar-refractivity contribution in [2.75, 3.05) is 18.9 Å². The lowest BCUT2D eigenvalue weighted by Crippen LogP contribution is -2.45. The molecule has 17 heavy (non-hydrogen) atoms. The minimum atomic E-state index is -0.122. The highest BCUT2D eigenvalue weighted by Crippen LogP contribution is 2.18. The van der Waals surface area contributed by atoms with Gasteiger partial charge in [-0.15, -0.1) is 0 Å². The zero-order valence-electron chi connectivity index (χ0n) is 9.67. The molecule has 1 aromatic heterocycles. The van der Waals surface area contributed by atoms with Crippen molar-refractivity contribution in [2.45, 2.75) is 25.3 Å². The summed E-state index contributed by atoms with van der Waals surface area (Å²) >= 11 is 0. The molecule has 1 unspecified atom stereocenters. The second kappa shape index (κ2) is 5.14. The molecule has 0 aliphatic carbocycles. The topological polar surface area (TPSA) is 79.5 Å². The van der Waals surface area contributed by atoms with Crippen LogP contribution < -0.4 is 5.73 Å². The predicted octanol–water partition coefficient (Wildman–Crippen LogP) is 0.651. The van der Waals surface area contributed by atoms with Gasteiger partial charge in [0.25, 0.3) is 5.91 Å². The molecule has 2 heterocycles. The van der Waals surface area contributed by atoms with Crippen LogP contribution >= 0.6 is 0 Å². The first-order chi connectivity index (χ1) is 8.22. The lowest BCUT2D eigenvalue weighted by Gasteiger charge is -2.34. The van der Waals surface area contributed by atoms with Crippen molar-refractivity contribution >= 4 is 11.6 Å². The van der Waals surface area contributed by atoms with Crippen LogP contribution in [0.2, 0.25) is 0 Å². The summed E-state index contributed by atoms with van der Waals surface area (Å²) < 4.78 is 0. The van der Waals surface area contributed by atoms with E-state index in [1.807, 2.05) is 0 Å². The number of hydrogen-bond acceptors (Lipinski definition) is 4. The van der Waals surface area contributed by atoms with E-state index < -0.39 is 0 Å². The number of nitrogens with two attached hydrogens (primary N) is 1. The van der Waals surface area contributed by atoms with E-state index in [9.17, 15) is 9.90 Å². The van der Waals surface area contributed by atoms with Gasteiger partial charge in [-0.05, 0) is 31.4 Å². The van der Waals surface area contributed by atoms with E-state index in [1.54, 1.807) is 17.0 Å². The summed E-state index contributed by atoms with van der Waals surface area (Å²) in [7, 11) is 0. The van der Waals surface area contributed by atoms with Crippen LogP contribution in [0.25, 0.3) is 0 Å². The molecule has 3 N–H and O–H groups in total. The van der Waals surface area contributed by atoms with Gasteiger partial charge in [0.05, 0.1) is 24.5 Å². The summed E-state index contributed by atoms with van der Waals surface area (Å²) in [5, 5.41) is 9.27. The molecular formula is C12H17N3O2. The van der Waals surface area contributed by atoms with Gasteiger partial charge in [0, 0.05) is 6.54 Å². The molecule has 92 valence electrons. The predicted molar refractivity (Wildman–Crippen MR) is 64.4 cm³/mol. The Morgan fingerprint density at radius 2 is 2.35 bits per heavy atom. The number of aromatic nitrogens is 1. The standard InChI is InChI=1S/C12H17N3O2/c13-9-4-5-11(14-7-9)12(17)15-6-2-1-3-10(15)8-16/h4-5,7,10,16H,1-3,6,8,13H2. The van der Waals surface area contributed by atoms with Crippen molar-refractivity contribution in [1.82, 2.24) is 9.88 Å². The van der Waals surface area contributed by atoms with Gasteiger partial charge in [0.15, 0.2) is 0 Å². The maximum atomic E-state index is 12.2. The maximum absolute atomic E-state index is 12.2. The summed E-state index contributed by atoms with van der Waals surface area (Å²) in [6.45, 7) is 0.705. The number of likely N-dealkylation sites (tertiary alicyclic amines) is 1. The fraction of sp³-hybridized carbons (Fsp3) is 0.500. The first kappa shape index (κ1) is 11.9. The van der Waals surface area contributed by atoms with Crippen LogP contribution in [0.3, 0.4) is 0 Å². The number of carbonyl (C=O) groups excluding carboxylic acids is 1. The highest BCUT2D eigenvalue weighted by Gasteiger charge is 2.27. The van der Waals surface area contributed by atoms with Gasteiger partial charge in [-0.1, -0.05) is 0 Å². The third-order valence-electron chi connectivity index (χ3n) is 3.10. The van der Waals surface area contributed by atoms with Crippen LogP contribution in [-0.4, -0.2) is 40.1 Å². The van der Waals surface area contributed by atoms with Gasteiger partial charge in [-0.25, -0.2) is 4.98 Å². The van der Waals surface area contributed by atoms with Gasteiger partial charge in [0.1, 0.15) is 5.69 Å². The highest BCUT2D eigenvalue weighted by atomic mass is 16.3. The lowest BCUT2D eigenvalue weighted by atomic mass is 10.0. The van der Waals surface area contributed by atoms with Crippen LogP contribution in [0.15, 0.2) is 18.3 Å². The third-order valence-corrected chi connectivity index (χ3v) is 3.10. The third kappa shape index (κ3) is 2.55. The van der Waals surface area contributed by atoms with Crippen LogP contribution in [0, 0.1) is 0 Å². The van der Waals surface area contributed by atoms with Crippen LogP contribution in [0.4, 0.5) is 5.69 Å². The number of piperidine rings is 1. The van der Waals surface area contributed by atoms with E-state index in [0.29, 0.717) is 17.9 Å². The van der Waals surface area contributed by atoms with Crippen molar-refractivity contribution in [3.63, 3.8) is 0 Å². The Balaban J connectivity index is 2.15. The molecule has 0 saturated carbocycles. The molecule has 0 aromatic carbocycles. The Bertz CT molecular complexity index is 391. The van der Waals surface area contributed by atoms with E-state index in [4.69, 9.17) is 5.73 Å². The molecule has 1 aromatic rings. The van der Waals surface area contributed by atoms with Crippen molar-refractivity contribution in [3.05, 3.63) is 24.0 Å². The summed E-state index contributed by atoms with van der Waals surface area (Å²) in [4.78, 5) is 17.9. The second-order valence-corrected chi connectivity index (χ2v) is 4.31. The van der Waals surface area contributed by atoms with E-state index in [2.05, 4.69) is 4.98 Å². The number of hydrogen-bond donors (Lipinski definition) is 2. The number of amides is 1. The molecule has 1 aliphatic heterocycles. The van der Waals surface area contributed by atoms with Crippen molar-refractivity contribution in [2.24, 2.45) is 0 Å². The molecule has 1 saturated heterocycles. The van der Waals surface area contributed by atoms with E-state index in [1.165, 1.54) is 6.20 Å². The number of anilines is 1. The van der Waals surface area contributed by atoms with Gasteiger partial charge < -0.3 is 15.7 Å². The van der Waals surface area contributed by atoms with Crippen LogP contribution in [-0.2, 0) is 0 Å². The SMILES string of the molecule is Nc1ccc(C(=O)N2CCCCC2CO)nc1. The van der Waals surface area contributed by atoms with E-state index in [-0.39, 0.29) is 18.6 Å². The number of nitrogens with zero attached hydrogens (tertiary/aromatic N) is 2. The Kier molecular flexibility index (Phi) is 3.58. The Morgan fingerprint density at radius 3 is 3.00 bits per heavy atom. The summed E-state index contributed by atoms with van der Waals surface area (Å²) in [5.41, 5.74) is 6.46. The minimum absolute atomic E-state index is 0.0146. The number of rotatable bonds is 2. The van der Waals surface area contributed by atoms with E-state index >= 15 is 0 Å². The van der Waals surface area contributed by atoms with Gasteiger partial charge in [0.2, 0.25) is 0 Å². The lowest BCUT2D eigenvalue weighted by molar-refractivity contribution is 0.0497. The molecular weight excluding hydrogens is 218 g/mol. The number of aliphatic hydroxyl groups excluding tert-OH is 1. The largest absolute Gasteiger partial charge is 0.397 e. The fourth-order valence-corrected chi connectivity index (χ4v) is 2.14. The summed E-state index contributed by atoms with van der Waals surface area (Å²) in [6.07, 6.45) is 4.38. The average Bonchev–Trinajstić information content (AvgIpc) is 2.39. The molecule has 5 heteroatoms. The first-order valence-corrected chi connectivity index (χ1v) is 5.85. The van der Waals surface area contributed by atoms with Crippen LogP contribution in [0.5, 0.6) is 0 Å². The molecule has 1 aliphatic rings. The monoisotopic (exact) mass is 235 g/mol. The van der Waals surface area contributed by atoms with Gasteiger partial charge in [-0.3, -0.25) is 4.79 Å². The second-order valence-electron chi connectivity index (χ2n) is 4.31. The molecule has 0 bridgehead atoms. The first-order valence-electron chi connectivity index (χ1n) is 5.85. The normalized spacial score (nSPS) is 20.3. The van der Waals surface area contributed by atoms with Crippen molar-refractivity contribution < 1.29 is 9.90 Å². The molecule has 1 atom stereocenters. The van der Waals surface area contributed by atoms with Crippen molar-refractivity contribution in [3.8, 4) is 0 Å². The number of carbonyl (C=O) groups is 1. The number of nitrogen functional groups attached to an aromatic ring is 1. The van der Waals surface area contributed by atoms with Gasteiger partial charge in [-0.2, -0.15) is 0 Å². The zero-order chi connectivity index (χ0) is 12.3. The summed E-state index contributed by atoms with van der Waals surface area (Å²) in [6, 6.07) is 3.22. The quantitative estimate of drug-likeness (QED) is 0.788. The Morgan fingerprint density at radius 1 is 1.53 bits per heavy atom. The number of pyridine rings is 1. The fourth-order valence-electron chi connectivity index (χ4n) is 2.14. The van der Waals surface area contributed by atoms with Gasteiger partial charge >= 0.3 is 0 Å².